The van der Waals surface area contributed by atoms with Crippen molar-refractivity contribution in [3.8, 4) is 6.07 Å². The zero-order chi connectivity index (χ0) is 12.1. The molecular formula is C13H16N2O2. The molecule has 1 fully saturated rings. The first kappa shape index (κ1) is 12.1. The van der Waals surface area contributed by atoms with Gasteiger partial charge in [-0.15, -0.1) is 0 Å². The van der Waals surface area contributed by atoms with Gasteiger partial charge < -0.3 is 9.84 Å². The topological polar surface area (TPSA) is 56.5 Å². The summed E-state index contributed by atoms with van der Waals surface area (Å²) in [5, 5.41) is 18.1. The van der Waals surface area contributed by atoms with Crippen molar-refractivity contribution in [2.45, 2.75) is 12.6 Å². The standard InChI is InChI=1S/C13H16N2O2/c14-7-11-2-1-3-12(6-11)8-15-4-5-17-10-13(15)9-16/h1-3,6,13,16H,4-5,8-10H2. The molecule has 0 radical (unpaired) electrons. The van der Waals surface area contributed by atoms with Gasteiger partial charge in [-0.2, -0.15) is 5.26 Å². The van der Waals surface area contributed by atoms with E-state index in [1.165, 1.54) is 0 Å². The first-order valence-electron chi connectivity index (χ1n) is 5.75. The Labute approximate surface area is 101 Å². The van der Waals surface area contributed by atoms with Crippen molar-refractivity contribution >= 4 is 0 Å². The largest absolute Gasteiger partial charge is 0.395 e. The van der Waals surface area contributed by atoms with Crippen molar-refractivity contribution in [3.05, 3.63) is 35.4 Å². The summed E-state index contributed by atoms with van der Waals surface area (Å²) in [7, 11) is 0. The van der Waals surface area contributed by atoms with Crippen molar-refractivity contribution in [1.29, 1.82) is 5.26 Å². The van der Waals surface area contributed by atoms with E-state index in [4.69, 9.17) is 10.00 Å². The number of aliphatic hydroxyl groups excluding tert-OH is 1. The average Bonchev–Trinajstić information content (AvgIpc) is 2.39. The number of aliphatic hydroxyl groups is 1. The third-order valence-corrected chi connectivity index (χ3v) is 3.00. The Morgan fingerprint density at radius 3 is 3.18 bits per heavy atom. The second kappa shape index (κ2) is 5.78. The maximum absolute atomic E-state index is 9.27. The molecule has 1 N–H and O–H groups in total. The minimum atomic E-state index is 0.0643. The van der Waals surface area contributed by atoms with Crippen LogP contribution in [0.15, 0.2) is 24.3 Å². The van der Waals surface area contributed by atoms with Crippen LogP contribution in [-0.2, 0) is 11.3 Å². The number of morpholine rings is 1. The number of ether oxygens (including phenoxy) is 1. The Hall–Kier alpha value is -1.41. The zero-order valence-corrected chi connectivity index (χ0v) is 9.67. The van der Waals surface area contributed by atoms with Crippen molar-refractivity contribution in [2.24, 2.45) is 0 Å². The molecule has 0 aliphatic carbocycles. The lowest BCUT2D eigenvalue weighted by Gasteiger charge is -2.34. The normalized spacial score (nSPS) is 21.1. The maximum Gasteiger partial charge on any atom is 0.0991 e. The van der Waals surface area contributed by atoms with Gasteiger partial charge in [-0.1, -0.05) is 12.1 Å². The van der Waals surface area contributed by atoms with E-state index in [1.807, 2.05) is 18.2 Å². The molecule has 90 valence electrons. The van der Waals surface area contributed by atoms with Gasteiger partial charge in [0.15, 0.2) is 0 Å². The lowest BCUT2D eigenvalue weighted by molar-refractivity contribution is -0.0312. The van der Waals surface area contributed by atoms with Gasteiger partial charge in [-0.3, -0.25) is 4.90 Å². The van der Waals surface area contributed by atoms with Crippen LogP contribution < -0.4 is 0 Å². The van der Waals surface area contributed by atoms with Crippen LogP contribution in [-0.4, -0.2) is 42.4 Å². The van der Waals surface area contributed by atoms with E-state index in [0.29, 0.717) is 18.8 Å². The molecule has 1 unspecified atom stereocenters. The van der Waals surface area contributed by atoms with Gasteiger partial charge in [-0.25, -0.2) is 0 Å². The molecule has 1 aromatic rings. The molecule has 17 heavy (non-hydrogen) atoms. The fraction of sp³-hybridized carbons (Fsp3) is 0.462. The van der Waals surface area contributed by atoms with Crippen LogP contribution in [0.25, 0.3) is 0 Å². The lowest BCUT2D eigenvalue weighted by atomic mass is 10.1. The molecule has 1 aliphatic heterocycles. The summed E-state index contributed by atoms with van der Waals surface area (Å²) in [6.45, 7) is 2.97. The molecule has 0 spiro atoms. The summed E-state index contributed by atoms with van der Waals surface area (Å²) in [6, 6.07) is 9.79. The maximum atomic E-state index is 9.27. The Kier molecular flexibility index (Phi) is 4.10. The second-order valence-electron chi connectivity index (χ2n) is 4.19. The van der Waals surface area contributed by atoms with Crippen molar-refractivity contribution < 1.29 is 9.84 Å². The Balaban J connectivity index is 2.06. The predicted octanol–water partition coefficient (Wildman–Crippen LogP) is 0.751. The Bertz CT molecular complexity index is 414. The molecular weight excluding hydrogens is 216 g/mol. The lowest BCUT2D eigenvalue weighted by Crippen LogP contribution is -2.46. The van der Waals surface area contributed by atoms with Gasteiger partial charge in [0.05, 0.1) is 37.5 Å². The molecule has 0 aromatic heterocycles. The first-order valence-corrected chi connectivity index (χ1v) is 5.75. The van der Waals surface area contributed by atoms with E-state index in [0.717, 1.165) is 18.7 Å². The fourth-order valence-corrected chi connectivity index (χ4v) is 2.04. The number of nitriles is 1. The highest BCUT2D eigenvalue weighted by molar-refractivity contribution is 5.32. The molecule has 1 aromatic carbocycles. The van der Waals surface area contributed by atoms with E-state index < -0.39 is 0 Å². The van der Waals surface area contributed by atoms with Crippen LogP contribution in [0.4, 0.5) is 0 Å². The third-order valence-electron chi connectivity index (χ3n) is 3.00. The molecule has 1 heterocycles. The smallest absolute Gasteiger partial charge is 0.0991 e. The van der Waals surface area contributed by atoms with E-state index in [2.05, 4.69) is 11.0 Å². The van der Waals surface area contributed by atoms with Gasteiger partial charge in [0.25, 0.3) is 0 Å². The van der Waals surface area contributed by atoms with E-state index in [9.17, 15) is 5.11 Å². The SMILES string of the molecule is N#Cc1cccc(CN2CCOCC2CO)c1. The molecule has 1 atom stereocenters. The summed E-state index contributed by atoms with van der Waals surface area (Å²) in [5.74, 6) is 0. The molecule has 1 aliphatic rings. The second-order valence-corrected chi connectivity index (χ2v) is 4.19. The van der Waals surface area contributed by atoms with Crippen LogP contribution >= 0.6 is 0 Å². The van der Waals surface area contributed by atoms with Crippen LogP contribution in [0.3, 0.4) is 0 Å². The van der Waals surface area contributed by atoms with Crippen molar-refractivity contribution in [2.75, 3.05) is 26.4 Å². The molecule has 2 rings (SSSR count). The van der Waals surface area contributed by atoms with Crippen LogP contribution in [0.1, 0.15) is 11.1 Å². The highest BCUT2D eigenvalue weighted by atomic mass is 16.5. The van der Waals surface area contributed by atoms with Crippen LogP contribution in [0.2, 0.25) is 0 Å². The molecule has 4 heteroatoms. The first-order chi connectivity index (χ1) is 8.33. The third kappa shape index (κ3) is 3.04. The minimum Gasteiger partial charge on any atom is -0.395 e. The Morgan fingerprint density at radius 1 is 1.53 bits per heavy atom. The minimum absolute atomic E-state index is 0.0643. The van der Waals surface area contributed by atoms with E-state index in [-0.39, 0.29) is 12.6 Å². The molecule has 1 saturated heterocycles. The molecule has 0 bridgehead atoms. The highest BCUT2D eigenvalue weighted by Crippen LogP contribution is 2.13. The summed E-state index contributed by atoms with van der Waals surface area (Å²) >= 11 is 0. The molecule has 0 saturated carbocycles. The fourth-order valence-electron chi connectivity index (χ4n) is 2.04. The zero-order valence-electron chi connectivity index (χ0n) is 9.67. The summed E-state index contributed by atoms with van der Waals surface area (Å²) < 4.78 is 5.33. The quantitative estimate of drug-likeness (QED) is 0.835. The van der Waals surface area contributed by atoms with Gasteiger partial charge in [0.2, 0.25) is 0 Å². The van der Waals surface area contributed by atoms with E-state index in [1.54, 1.807) is 6.07 Å². The number of hydrogen-bond acceptors (Lipinski definition) is 4. The average molecular weight is 232 g/mol. The monoisotopic (exact) mass is 232 g/mol. The summed E-state index contributed by atoms with van der Waals surface area (Å²) in [4.78, 5) is 2.19. The van der Waals surface area contributed by atoms with Gasteiger partial charge in [-0.05, 0) is 17.7 Å². The molecule has 0 amide bonds. The highest BCUT2D eigenvalue weighted by Gasteiger charge is 2.22. The number of nitrogens with zero attached hydrogens (tertiary/aromatic N) is 2. The van der Waals surface area contributed by atoms with Gasteiger partial charge in [0, 0.05) is 13.1 Å². The van der Waals surface area contributed by atoms with E-state index >= 15 is 0 Å². The number of rotatable bonds is 3. The summed E-state index contributed by atoms with van der Waals surface area (Å²) in [6.07, 6.45) is 0. The van der Waals surface area contributed by atoms with Crippen LogP contribution in [0, 0.1) is 11.3 Å². The van der Waals surface area contributed by atoms with Crippen molar-refractivity contribution in [1.82, 2.24) is 4.90 Å². The van der Waals surface area contributed by atoms with Gasteiger partial charge >= 0.3 is 0 Å². The molecule has 4 nitrogen and oxygen atoms in total. The number of hydrogen-bond donors (Lipinski definition) is 1. The predicted molar refractivity (Wildman–Crippen MR) is 63.3 cm³/mol. The van der Waals surface area contributed by atoms with Crippen molar-refractivity contribution in [3.63, 3.8) is 0 Å². The van der Waals surface area contributed by atoms with Crippen LogP contribution in [0.5, 0.6) is 0 Å². The Morgan fingerprint density at radius 2 is 2.41 bits per heavy atom. The summed E-state index contributed by atoms with van der Waals surface area (Å²) in [5.41, 5.74) is 1.78. The van der Waals surface area contributed by atoms with Gasteiger partial charge in [0.1, 0.15) is 0 Å². The number of benzene rings is 1.